The summed E-state index contributed by atoms with van der Waals surface area (Å²) in [5.74, 6) is -0.130. The molecule has 0 aliphatic carbocycles. The number of aromatic nitrogens is 1. The van der Waals surface area contributed by atoms with Crippen LogP contribution in [0.2, 0.25) is 0 Å². The lowest BCUT2D eigenvalue weighted by molar-refractivity contribution is 0.102. The number of amides is 1. The largest absolute Gasteiger partial charge is 0.321 e. The van der Waals surface area contributed by atoms with E-state index in [2.05, 4.69) is 40.3 Å². The van der Waals surface area contributed by atoms with E-state index in [1.165, 1.54) is 5.56 Å². The Morgan fingerprint density at radius 3 is 2.34 bits per heavy atom. The van der Waals surface area contributed by atoms with Gasteiger partial charge in [0.2, 0.25) is 0 Å². The fourth-order valence-electron chi connectivity index (χ4n) is 3.72. The third-order valence-corrected chi connectivity index (χ3v) is 5.49. The van der Waals surface area contributed by atoms with Crippen molar-refractivity contribution in [1.29, 1.82) is 0 Å². The van der Waals surface area contributed by atoms with Crippen LogP contribution in [0.4, 0.5) is 5.69 Å². The Morgan fingerprint density at radius 2 is 1.62 bits per heavy atom. The number of fused-ring (bicyclic) bond motifs is 1. The molecular formula is C25H21BrN2O. The molecule has 0 atom stereocenters. The molecule has 4 aromatic rings. The lowest BCUT2D eigenvalue weighted by Gasteiger charge is -2.15. The third kappa shape index (κ3) is 3.94. The number of hydrogen-bond acceptors (Lipinski definition) is 2. The SMILES string of the molecule is Cc1cc(C)c(NC(=O)c2cc(-c3cccc(Br)c3)nc3ccccc23)c(C)c1. The van der Waals surface area contributed by atoms with Crippen LogP contribution in [0, 0.1) is 20.8 Å². The van der Waals surface area contributed by atoms with Crippen LogP contribution in [0.15, 0.2) is 71.2 Å². The van der Waals surface area contributed by atoms with Crippen molar-refractivity contribution in [2.45, 2.75) is 20.8 Å². The Bertz CT molecular complexity index is 1220. The summed E-state index contributed by atoms with van der Waals surface area (Å²) in [6.45, 7) is 6.10. The van der Waals surface area contributed by atoms with Crippen LogP contribution in [0.1, 0.15) is 27.0 Å². The molecular weight excluding hydrogens is 424 g/mol. The second kappa shape index (κ2) is 7.80. The number of carbonyl (C=O) groups is 1. The van der Waals surface area contributed by atoms with Crippen molar-refractivity contribution in [3.63, 3.8) is 0 Å². The third-order valence-electron chi connectivity index (χ3n) is 5.00. The minimum Gasteiger partial charge on any atom is -0.321 e. The van der Waals surface area contributed by atoms with Gasteiger partial charge < -0.3 is 5.32 Å². The number of anilines is 1. The Morgan fingerprint density at radius 1 is 0.897 bits per heavy atom. The maximum Gasteiger partial charge on any atom is 0.256 e. The first-order valence-electron chi connectivity index (χ1n) is 9.47. The van der Waals surface area contributed by atoms with Crippen molar-refractivity contribution in [2.75, 3.05) is 5.32 Å². The quantitative estimate of drug-likeness (QED) is 0.375. The molecule has 29 heavy (non-hydrogen) atoms. The Labute approximate surface area is 178 Å². The Hall–Kier alpha value is -2.98. The lowest BCUT2D eigenvalue weighted by Crippen LogP contribution is -2.15. The highest BCUT2D eigenvalue weighted by atomic mass is 79.9. The summed E-state index contributed by atoms with van der Waals surface area (Å²) >= 11 is 3.52. The number of hydrogen-bond donors (Lipinski definition) is 1. The van der Waals surface area contributed by atoms with Gasteiger partial charge in [0.1, 0.15) is 0 Å². The van der Waals surface area contributed by atoms with Gasteiger partial charge in [-0.15, -0.1) is 0 Å². The highest BCUT2D eigenvalue weighted by molar-refractivity contribution is 9.10. The van der Waals surface area contributed by atoms with E-state index in [9.17, 15) is 4.79 Å². The van der Waals surface area contributed by atoms with E-state index in [4.69, 9.17) is 4.98 Å². The summed E-state index contributed by atoms with van der Waals surface area (Å²) in [6.07, 6.45) is 0. The average molecular weight is 445 g/mol. The van der Waals surface area contributed by atoms with Crippen LogP contribution >= 0.6 is 15.9 Å². The molecule has 1 aromatic heterocycles. The zero-order valence-electron chi connectivity index (χ0n) is 16.6. The molecule has 0 radical (unpaired) electrons. The van der Waals surface area contributed by atoms with Crippen LogP contribution in [0.25, 0.3) is 22.2 Å². The number of pyridine rings is 1. The maximum atomic E-state index is 13.3. The van der Waals surface area contributed by atoms with Crippen LogP contribution in [-0.2, 0) is 0 Å². The van der Waals surface area contributed by atoms with Gasteiger partial charge in [-0.05, 0) is 56.2 Å². The fraction of sp³-hybridized carbons (Fsp3) is 0.120. The molecule has 144 valence electrons. The van der Waals surface area contributed by atoms with E-state index in [-0.39, 0.29) is 5.91 Å². The molecule has 0 aliphatic rings. The standard InChI is InChI=1S/C25H21BrN2O/c1-15-11-16(2)24(17(3)12-15)28-25(29)21-14-23(18-7-6-8-19(26)13-18)27-22-10-5-4-9-20(21)22/h4-14H,1-3H3,(H,28,29). The molecule has 0 spiro atoms. The molecule has 4 heteroatoms. The number of para-hydroxylation sites is 1. The first kappa shape index (κ1) is 19.3. The fourth-order valence-corrected chi connectivity index (χ4v) is 4.12. The molecule has 0 fully saturated rings. The summed E-state index contributed by atoms with van der Waals surface area (Å²) < 4.78 is 0.974. The van der Waals surface area contributed by atoms with Crippen molar-refractivity contribution in [2.24, 2.45) is 0 Å². The minimum absolute atomic E-state index is 0.130. The number of rotatable bonds is 3. The van der Waals surface area contributed by atoms with Crippen molar-refractivity contribution in [1.82, 2.24) is 4.98 Å². The van der Waals surface area contributed by atoms with Gasteiger partial charge in [-0.25, -0.2) is 4.98 Å². The number of carbonyl (C=O) groups excluding carboxylic acids is 1. The highest BCUT2D eigenvalue weighted by Crippen LogP contribution is 2.28. The zero-order valence-corrected chi connectivity index (χ0v) is 18.2. The summed E-state index contributed by atoms with van der Waals surface area (Å²) in [6, 6.07) is 21.7. The topological polar surface area (TPSA) is 42.0 Å². The zero-order chi connectivity index (χ0) is 20.5. The Balaban J connectivity index is 1.83. The lowest BCUT2D eigenvalue weighted by atomic mass is 10.0. The predicted octanol–water partition coefficient (Wildman–Crippen LogP) is 6.84. The second-order valence-electron chi connectivity index (χ2n) is 7.31. The van der Waals surface area contributed by atoms with E-state index in [1.807, 2.05) is 68.4 Å². The van der Waals surface area contributed by atoms with Crippen molar-refractivity contribution in [3.8, 4) is 11.3 Å². The van der Waals surface area contributed by atoms with E-state index in [0.29, 0.717) is 5.56 Å². The molecule has 3 nitrogen and oxygen atoms in total. The van der Waals surface area contributed by atoms with Crippen LogP contribution < -0.4 is 5.32 Å². The van der Waals surface area contributed by atoms with E-state index in [0.717, 1.165) is 43.4 Å². The maximum absolute atomic E-state index is 13.3. The summed E-state index contributed by atoms with van der Waals surface area (Å²) in [7, 11) is 0. The molecule has 1 heterocycles. The molecule has 3 aromatic carbocycles. The van der Waals surface area contributed by atoms with Crippen molar-refractivity contribution >= 4 is 38.4 Å². The Kier molecular flexibility index (Phi) is 5.20. The van der Waals surface area contributed by atoms with Gasteiger partial charge in [0, 0.05) is 21.1 Å². The molecule has 0 unspecified atom stereocenters. The molecule has 0 bridgehead atoms. The van der Waals surface area contributed by atoms with Gasteiger partial charge >= 0.3 is 0 Å². The summed E-state index contributed by atoms with van der Waals surface area (Å²) in [5.41, 5.74) is 7.31. The van der Waals surface area contributed by atoms with Crippen LogP contribution in [-0.4, -0.2) is 10.9 Å². The molecule has 1 N–H and O–H groups in total. The van der Waals surface area contributed by atoms with Gasteiger partial charge in [0.15, 0.2) is 0 Å². The van der Waals surface area contributed by atoms with Gasteiger partial charge in [-0.2, -0.15) is 0 Å². The van der Waals surface area contributed by atoms with Gasteiger partial charge in [-0.1, -0.05) is 64.0 Å². The van der Waals surface area contributed by atoms with Crippen LogP contribution in [0.3, 0.4) is 0 Å². The van der Waals surface area contributed by atoms with Crippen molar-refractivity contribution in [3.05, 3.63) is 93.5 Å². The average Bonchev–Trinajstić information content (AvgIpc) is 2.69. The van der Waals surface area contributed by atoms with E-state index < -0.39 is 0 Å². The first-order valence-corrected chi connectivity index (χ1v) is 10.3. The number of aryl methyl sites for hydroxylation is 3. The number of nitrogens with zero attached hydrogens (tertiary/aromatic N) is 1. The van der Waals surface area contributed by atoms with Gasteiger partial charge in [-0.3, -0.25) is 4.79 Å². The molecule has 0 aliphatic heterocycles. The summed E-state index contributed by atoms with van der Waals surface area (Å²) in [5, 5.41) is 3.97. The molecule has 4 rings (SSSR count). The minimum atomic E-state index is -0.130. The molecule has 1 amide bonds. The molecule has 0 saturated carbocycles. The highest BCUT2D eigenvalue weighted by Gasteiger charge is 2.16. The monoisotopic (exact) mass is 444 g/mol. The summed E-state index contributed by atoms with van der Waals surface area (Å²) in [4.78, 5) is 18.1. The van der Waals surface area contributed by atoms with Gasteiger partial charge in [0.25, 0.3) is 5.91 Å². The number of nitrogens with one attached hydrogen (secondary N) is 1. The van der Waals surface area contributed by atoms with Crippen LogP contribution in [0.5, 0.6) is 0 Å². The number of benzene rings is 3. The van der Waals surface area contributed by atoms with Gasteiger partial charge in [0.05, 0.1) is 16.8 Å². The number of halogens is 1. The predicted molar refractivity (Wildman–Crippen MR) is 123 cm³/mol. The van der Waals surface area contributed by atoms with E-state index in [1.54, 1.807) is 0 Å². The first-order chi connectivity index (χ1) is 13.9. The smallest absolute Gasteiger partial charge is 0.256 e. The van der Waals surface area contributed by atoms with Crippen molar-refractivity contribution < 1.29 is 4.79 Å². The normalized spacial score (nSPS) is 10.9. The van der Waals surface area contributed by atoms with E-state index >= 15 is 0 Å². The second-order valence-corrected chi connectivity index (χ2v) is 8.23. The molecule has 0 saturated heterocycles.